The number of rotatable bonds is 6. The summed E-state index contributed by atoms with van der Waals surface area (Å²) in [6.07, 6.45) is 1.77. The van der Waals surface area contributed by atoms with Crippen molar-refractivity contribution in [2.45, 2.75) is 49.8 Å². The Kier molecular flexibility index (Phi) is 7.16. The lowest BCUT2D eigenvalue weighted by atomic mass is 10.0. The molecule has 0 radical (unpaired) electrons. The van der Waals surface area contributed by atoms with Gasteiger partial charge >= 0.3 is 6.09 Å². The van der Waals surface area contributed by atoms with Gasteiger partial charge in [0.1, 0.15) is 22.1 Å². The van der Waals surface area contributed by atoms with Crippen molar-refractivity contribution in [3.05, 3.63) is 60.7 Å². The number of carbonyl (C=O) groups is 1. The summed E-state index contributed by atoms with van der Waals surface area (Å²) in [5.41, 5.74) is 5.80. The van der Waals surface area contributed by atoms with Crippen LogP contribution in [0.3, 0.4) is 0 Å². The molecule has 0 bridgehead atoms. The Labute approximate surface area is 204 Å². The van der Waals surface area contributed by atoms with Gasteiger partial charge in [-0.25, -0.2) is 22.6 Å². The summed E-state index contributed by atoms with van der Waals surface area (Å²) in [6.45, 7) is 7.58. The van der Waals surface area contributed by atoms with Crippen LogP contribution in [-0.4, -0.2) is 41.4 Å². The summed E-state index contributed by atoms with van der Waals surface area (Å²) in [4.78, 5) is 19.7. The minimum Gasteiger partial charge on any atom is -0.448 e. The maximum Gasteiger partial charge on any atom is 0.407 e. The summed E-state index contributed by atoms with van der Waals surface area (Å²) >= 11 is 0. The van der Waals surface area contributed by atoms with Crippen LogP contribution in [0.1, 0.15) is 34.6 Å². The van der Waals surface area contributed by atoms with Crippen LogP contribution in [0.15, 0.2) is 59.8 Å². The van der Waals surface area contributed by atoms with Crippen LogP contribution in [0.5, 0.6) is 0 Å². The molecule has 35 heavy (non-hydrogen) atoms. The van der Waals surface area contributed by atoms with Gasteiger partial charge in [0.15, 0.2) is 15.7 Å². The van der Waals surface area contributed by atoms with Crippen molar-refractivity contribution in [2.24, 2.45) is 0 Å². The van der Waals surface area contributed by atoms with Crippen LogP contribution < -0.4 is 11.1 Å². The van der Waals surface area contributed by atoms with Gasteiger partial charge in [-0.05, 0) is 46.2 Å². The zero-order valence-electron chi connectivity index (χ0n) is 20.3. The Bertz CT molecular complexity index is 1320. The molecule has 3 rings (SSSR count). The zero-order chi connectivity index (χ0) is 26.0. The quantitative estimate of drug-likeness (QED) is 0.506. The summed E-state index contributed by atoms with van der Waals surface area (Å²) in [5, 5.41) is 2.61. The second-order valence-corrected chi connectivity index (χ2v) is 12.2. The van der Waals surface area contributed by atoms with E-state index in [1.54, 1.807) is 51.1 Å². The number of nitrogen functional groups attached to an aromatic ring is 1. The predicted molar refractivity (Wildman–Crippen MR) is 133 cm³/mol. The van der Waals surface area contributed by atoms with E-state index in [0.29, 0.717) is 5.56 Å². The molecule has 0 spiro atoms. The minimum absolute atomic E-state index is 0.0436. The number of aromatic nitrogens is 2. The first-order valence-electron chi connectivity index (χ1n) is 10.9. The first-order valence-corrected chi connectivity index (χ1v) is 12.4. The third kappa shape index (κ3) is 5.76. The molecule has 0 saturated carbocycles. The van der Waals surface area contributed by atoms with Gasteiger partial charge in [0.05, 0.1) is 18.1 Å². The van der Waals surface area contributed by atoms with Crippen LogP contribution in [0.4, 0.5) is 15.0 Å². The van der Waals surface area contributed by atoms with E-state index in [-0.39, 0.29) is 22.6 Å². The molecule has 0 aliphatic heterocycles. The fourth-order valence-electron chi connectivity index (χ4n) is 3.27. The molecule has 0 atom stereocenters. The Morgan fingerprint density at radius 3 is 2.20 bits per heavy atom. The first-order chi connectivity index (χ1) is 16.2. The molecule has 1 aromatic heterocycles. The van der Waals surface area contributed by atoms with Crippen molar-refractivity contribution < 1.29 is 22.3 Å². The highest BCUT2D eigenvalue weighted by Gasteiger charge is 2.41. The number of anilines is 1. The van der Waals surface area contributed by atoms with Gasteiger partial charge < -0.3 is 15.8 Å². The number of hydrogen-bond donors (Lipinski definition) is 2. The number of halogens is 1. The average molecular weight is 501 g/mol. The molecule has 186 valence electrons. The van der Waals surface area contributed by atoms with E-state index < -0.39 is 43.5 Å². The van der Waals surface area contributed by atoms with Crippen molar-refractivity contribution in [3.63, 3.8) is 0 Å². The molecule has 0 unspecified atom stereocenters. The number of nitrogens with one attached hydrogen (secondary N) is 1. The SMILES string of the molecule is CC(C)(C)NC(=O)OCC(C)(C)S(=O)(=O)c1c(-c2ccccc2)ccc(-c2cnc(N)cn2)c1F. The van der Waals surface area contributed by atoms with E-state index >= 15 is 4.39 Å². The molecule has 3 N–H and O–H groups in total. The highest BCUT2D eigenvalue weighted by molar-refractivity contribution is 7.93. The van der Waals surface area contributed by atoms with E-state index in [9.17, 15) is 13.2 Å². The molecule has 3 aromatic rings. The third-order valence-corrected chi connectivity index (χ3v) is 7.66. The van der Waals surface area contributed by atoms with Crippen LogP contribution >= 0.6 is 0 Å². The fourth-order valence-corrected chi connectivity index (χ4v) is 4.86. The van der Waals surface area contributed by atoms with Crippen LogP contribution in [0.2, 0.25) is 0 Å². The van der Waals surface area contributed by atoms with Crippen LogP contribution in [0.25, 0.3) is 22.4 Å². The number of hydrogen-bond acceptors (Lipinski definition) is 7. The third-order valence-electron chi connectivity index (χ3n) is 5.15. The molecular weight excluding hydrogens is 471 g/mol. The highest BCUT2D eigenvalue weighted by atomic mass is 32.2. The summed E-state index contributed by atoms with van der Waals surface area (Å²) in [7, 11) is -4.38. The first kappa shape index (κ1) is 26.1. The lowest BCUT2D eigenvalue weighted by molar-refractivity contribution is 0.129. The van der Waals surface area contributed by atoms with Gasteiger partial charge in [-0.15, -0.1) is 0 Å². The molecule has 0 fully saturated rings. The topological polar surface area (TPSA) is 124 Å². The molecule has 1 heterocycles. The van der Waals surface area contributed by atoms with Gasteiger partial charge in [0.2, 0.25) is 0 Å². The summed E-state index contributed by atoms with van der Waals surface area (Å²) in [6, 6.07) is 11.6. The number of ether oxygens (including phenoxy) is 1. The summed E-state index contributed by atoms with van der Waals surface area (Å²) < 4.78 is 47.4. The molecule has 0 saturated heterocycles. The number of nitrogens with zero attached hydrogens (tertiary/aromatic N) is 2. The Morgan fingerprint density at radius 1 is 1.00 bits per heavy atom. The van der Waals surface area contributed by atoms with Crippen molar-refractivity contribution >= 4 is 21.7 Å². The van der Waals surface area contributed by atoms with Gasteiger partial charge in [-0.3, -0.25) is 4.98 Å². The Hall–Kier alpha value is -3.53. The second-order valence-electron chi connectivity index (χ2n) is 9.71. The monoisotopic (exact) mass is 500 g/mol. The molecule has 2 aromatic carbocycles. The van der Waals surface area contributed by atoms with E-state index in [1.165, 1.54) is 38.4 Å². The lowest BCUT2D eigenvalue weighted by Crippen LogP contribution is -2.44. The highest BCUT2D eigenvalue weighted by Crippen LogP contribution is 2.39. The average Bonchev–Trinajstić information content (AvgIpc) is 2.77. The van der Waals surface area contributed by atoms with Gasteiger partial charge in [0, 0.05) is 16.7 Å². The van der Waals surface area contributed by atoms with Gasteiger partial charge in [-0.2, -0.15) is 0 Å². The molecule has 1 amide bonds. The van der Waals surface area contributed by atoms with Crippen molar-refractivity contribution in [2.75, 3.05) is 12.3 Å². The number of alkyl carbamates (subject to hydrolysis) is 1. The van der Waals surface area contributed by atoms with Crippen molar-refractivity contribution in [1.82, 2.24) is 15.3 Å². The number of nitrogens with two attached hydrogens (primary N) is 1. The van der Waals surface area contributed by atoms with E-state index in [0.717, 1.165) is 0 Å². The van der Waals surface area contributed by atoms with E-state index in [4.69, 9.17) is 10.5 Å². The number of benzene rings is 2. The summed E-state index contributed by atoms with van der Waals surface area (Å²) in [5.74, 6) is -0.827. The minimum atomic E-state index is -4.38. The van der Waals surface area contributed by atoms with Gasteiger partial charge in [-0.1, -0.05) is 36.4 Å². The number of carbonyl (C=O) groups excluding carboxylic acids is 1. The Balaban J connectivity index is 2.13. The fraction of sp³-hybridized carbons (Fsp3) is 0.320. The number of amides is 1. The predicted octanol–water partition coefficient (Wildman–Crippen LogP) is 4.61. The maximum absolute atomic E-state index is 16.1. The molecule has 8 nitrogen and oxygen atoms in total. The van der Waals surface area contributed by atoms with E-state index in [2.05, 4.69) is 15.3 Å². The van der Waals surface area contributed by atoms with Crippen molar-refractivity contribution in [1.29, 1.82) is 0 Å². The standard InChI is InChI=1S/C25H29FN4O4S/c1-24(2,3)30-23(31)34-15-25(4,5)35(32,33)22-17(16-9-7-6-8-10-16)11-12-18(21(22)26)19-13-29-20(27)14-28-19/h6-14H,15H2,1-5H3,(H2,27,29)(H,30,31). The van der Waals surface area contributed by atoms with Gasteiger partial charge in [0.25, 0.3) is 0 Å². The second kappa shape index (κ2) is 9.61. The molecular formula is C25H29FN4O4S. The smallest absolute Gasteiger partial charge is 0.407 e. The largest absolute Gasteiger partial charge is 0.448 e. The molecule has 0 aliphatic rings. The normalized spacial score (nSPS) is 12.3. The van der Waals surface area contributed by atoms with Crippen LogP contribution in [0, 0.1) is 5.82 Å². The molecule has 10 heteroatoms. The maximum atomic E-state index is 16.1. The van der Waals surface area contributed by atoms with E-state index in [1.807, 2.05) is 0 Å². The lowest BCUT2D eigenvalue weighted by Gasteiger charge is -2.28. The van der Waals surface area contributed by atoms with Crippen LogP contribution in [-0.2, 0) is 14.6 Å². The van der Waals surface area contributed by atoms with Crippen molar-refractivity contribution in [3.8, 4) is 22.4 Å². The Morgan fingerprint density at radius 2 is 1.63 bits per heavy atom. The zero-order valence-corrected chi connectivity index (χ0v) is 21.1. The molecule has 0 aliphatic carbocycles. The number of sulfone groups is 1.